The quantitative estimate of drug-likeness (QED) is 0.310. The Bertz CT molecular complexity index is 70.9. The molecule has 0 unspecified atom stereocenters. The fraction of sp³-hybridized carbons (Fsp3) is 0.667. The molecular weight excluding hydrogens is 116 g/mol. The van der Waals surface area contributed by atoms with Crippen LogP contribution in [0.15, 0.2) is 12.2 Å². The van der Waals surface area contributed by atoms with Crippen molar-refractivity contribution in [3.63, 3.8) is 0 Å². The maximum absolute atomic E-state index is 5.21. The van der Waals surface area contributed by atoms with Crippen molar-refractivity contribution in [3.05, 3.63) is 12.2 Å². The second-order valence-corrected chi connectivity index (χ2v) is 3.42. The Labute approximate surface area is 53.6 Å². The molecule has 0 amide bonds. The first-order chi connectivity index (χ1) is 3.77. The summed E-state index contributed by atoms with van der Waals surface area (Å²) in [6.07, 6.45) is 0.993. The average molecular weight is 130 g/mol. The van der Waals surface area contributed by atoms with E-state index >= 15 is 0 Å². The molecule has 0 aliphatic heterocycles. The number of ether oxygens (including phenoxy) is 1. The maximum atomic E-state index is 5.21. The van der Waals surface area contributed by atoms with E-state index in [2.05, 4.69) is 13.1 Å². The average Bonchev–Trinajstić information content (AvgIpc) is 1.66. The summed E-state index contributed by atoms with van der Waals surface area (Å²) in [6.45, 7) is 8.69. The fourth-order valence-corrected chi connectivity index (χ4v) is 0.824. The fourth-order valence-electron chi connectivity index (χ4n) is 0.391. The lowest BCUT2D eigenvalue weighted by Gasteiger charge is -1.98. The third-order valence-corrected chi connectivity index (χ3v) is 1.39. The van der Waals surface area contributed by atoms with Crippen molar-refractivity contribution in [2.24, 2.45) is 0 Å². The van der Waals surface area contributed by atoms with Crippen LogP contribution in [-0.2, 0) is 4.74 Å². The molecule has 0 aromatic heterocycles. The van der Waals surface area contributed by atoms with Gasteiger partial charge in [0.2, 0.25) is 0 Å². The van der Waals surface area contributed by atoms with Crippen LogP contribution < -0.4 is 0 Å². The Kier molecular flexibility index (Phi) is 5.01. The van der Waals surface area contributed by atoms with Crippen molar-refractivity contribution in [1.82, 2.24) is 0 Å². The van der Waals surface area contributed by atoms with Gasteiger partial charge in [-0.05, 0) is 6.92 Å². The van der Waals surface area contributed by atoms with E-state index in [4.69, 9.17) is 4.74 Å². The molecule has 0 bridgehead atoms. The van der Waals surface area contributed by atoms with Crippen LogP contribution in [0.5, 0.6) is 0 Å². The van der Waals surface area contributed by atoms with Crippen molar-refractivity contribution in [3.8, 4) is 0 Å². The number of hydrogen-bond donors (Lipinski definition) is 0. The zero-order valence-electron chi connectivity index (χ0n) is 5.74. The molecule has 0 aliphatic carbocycles. The number of rotatable bonds is 4. The molecule has 0 aliphatic rings. The Morgan fingerprint density at radius 2 is 2.38 bits per heavy atom. The minimum absolute atomic E-state index is 0.108. The van der Waals surface area contributed by atoms with Crippen LogP contribution in [-0.4, -0.2) is 22.4 Å². The zero-order valence-corrected chi connectivity index (χ0v) is 7.15. The second-order valence-electron chi connectivity index (χ2n) is 2.01. The van der Waals surface area contributed by atoms with Gasteiger partial charge in [0.05, 0.1) is 6.61 Å². The summed E-state index contributed by atoms with van der Waals surface area (Å²) in [5.74, 6) is 0. The second kappa shape index (κ2) is 5.06. The highest BCUT2D eigenvalue weighted by atomic mass is 28.2. The Balaban J connectivity index is 2.82. The Morgan fingerprint density at radius 3 is 2.75 bits per heavy atom. The minimum atomic E-state index is 0.108. The van der Waals surface area contributed by atoms with E-state index < -0.39 is 0 Å². The summed E-state index contributed by atoms with van der Waals surface area (Å²) < 4.78 is 5.21. The van der Waals surface area contributed by atoms with E-state index in [9.17, 15) is 0 Å². The summed E-state index contributed by atoms with van der Waals surface area (Å²) in [4.78, 5) is 0. The first kappa shape index (κ1) is 7.92. The maximum Gasteiger partial charge on any atom is 0.0666 e. The summed E-state index contributed by atoms with van der Waals surface area (Å²) in [6, 6.07) is 0. The molecule has 0 radical (unpaired) electrons. The largest absolute Gasteiger partial charge is 0.381 e. The highest BCUT2D eigenvalue weighted by Gasteiger charge is 1.83. The van der Waals surface area contributed by atoms with Gasteiger partial charge < -0.3 is 4.74 Å². The van der Waals surface area contributed by atoms with Crippen molar-refractivity contribution in [2.45, 2.75) is 13.5 Å². The molecule has 0 N–H and O–H groups in total. The Hall–Kier alpha value is -0.0831. The van der Waals surface area contributed by atoms with Crippen molar-refractivity contribution < 1.29 is 4.74 Å². The van der Waals surface area contributed by atoms with E-state index in [1.54, 1.807) is 0 Å². The van der Waals surface area contributed by atoms with E-state index in [1.165, 1.54) is 0 Å². The van der Waals surface area contributed by atoms with Crippen LogP contribution in [0.25, 0.3) is 0 Å². The van der Waals surface area contributed by atoms with Crippen LogP contribution in [0.1, 0.15) is 6.92 Å². The molecule has 1 nitrogen and oxygen atoms in total. The summed E-state index contributed by atoms with van der Waals surface area (Å²) in [5.41, 5.74) is 1.12. The SMILES string of the molecule is C=C(C)COC[SiH2]C. The first-order valence-electron chi connectivity index (χ1n) is 2.99. The van der Waals surface area contributed by atoms with Gasteiger partial charge in [-0.1, -0.05) is 18.7 Å². The third kappa shape index (κ3) is 5.92. The van der Waals surface area contributed by atoms with Crippen LogP contribution >= 0.6 is 0 Å². The molecule has 0 aromatic carbocycles. The first-order valence-corrected chi connectivity index (χ1v) is 5.41. The summed E-state index contributed by atoms with van der Waals surface area (Å²) in [5, 5.41) is 0. The topological polar surface area (TPSA) is 9.23 Å². The summed E-state index contributed by atoms with van der Waals surface area (Å²) >= 11 is 0. The van der Waals surface area contributed by atoms with Crippen molar-refractivity contribution in [1.29, 1.82) is 0 Å². The van der Waals surface area contributed by atoms with Gasteiger partial charge in [0, 0.05) is 15.7 Å². The Morgan fingerprint density at radius 1 is 1.75 bits per heavy atom. The molecule has 0 heterocycles. The van der Waals surface area contributed by atoms with Crippen LogP contribution in [0.3, 0.4) is 0 Å². The monoisotopic (exact) mass is 130 g/mol. The zero-order chi connectivity index (χ0) is 6.41. The lowest BCUT2D eigenvalue weighted by atomic mass is 10.4. The minimum Gasteiger partial charge on any atom is -0.381 e. The van der Waals surface area contributed by atoms with Gasteiger partial charge in [0.25, 0.3) is 0 Å². The molecule has 2 heteroatoms. The normalized spacial score (nSPS) is 10.8. The molecule has 0 saturated carbocycles. The number of hydrogen-bond acceptors (Lipinski definition) is 1. The van der Waals surface area contributed by atoms with Gasteiger partial charge in [0.1, 0.15) is 0 Å². The lowest BCUT2D eigenvalue weighted by Crippen LogP contribution is -2.01. The highest BCUT2D eigenvalue weighted by Crippen LogP contribution is 1.85. The molecule has 0 fully saturated rings. The molecule has 0 saturated heterocycles. The van der Waals surface area contributed by atoms with Crippen LogP contribution in [0.2, 0.25) is 6.55 Å². The van der Waals surface area contributed by atoms with Gasteiger partial charge in [-0.2, -0.15) is 0 Å². The summed E-state index contributed by atoms with van der Waals surface area (Å²) in [7, 11) is 0.108. The highest BCUT2D eigenvalue weighted by molar-refractivity contribution is 6.33. The van der Waals surface area contributed by atoms with E-state index in [0.29, 0.717) is 0 Å². The predicted octanol–water partition coefficient (Wildman–Crippen LogP) is 0.753. The van der Waals surface area contributed by atoms with Crippen LogP contribution in [0.4, 0.5) is 0 Å². The lowest BCUT2D eigenvalue weighted by molar-refractivity contribution is 0.203. The van der Waals surface area contributed by atoms with Crippen LogP contribution in [0, 0.1) is 0 Å². The van der Waals surface area contributed by atoms with Gasteiger partial charge in [-0.15, -0.1) is 0 Å². The third-order valence-electron chi connectivity index (χ3n) is 0.697. The molecular formula is C6H14OSi. The predicted molar refractivity (Wildman–Crippen MR) is 40.0 cm³/mol. The van der Waals surface area contributed by atoms with Gasteiger partial charge in [0.15, 0.2) is 0 Å². The van der Waals surface area contributed by atoms with Gasteiger partial charge >= 0.3 is 0 Å². The van der Waals surface area contributed by atoms with Crippen molar-refractivity contribution in [2.75, 3.05) is 12.8 Å². The molecule has 0 aromatic rings. The van der Waals surface area contributed by atoms with E-state index in [0.717, 1.165) is 18.4 Å². The van der Waals surface area contributed by atoms with E-state index in [1.807, 2.05) is 6.92 Å². The molecule has 0 rings (SSSR count). The smallest absolute Gasteiger partial charge is 0.0666 e. The molecule has 48 valence electrons. The standard InChI is InChI=1S/C6H14OSi/c1-6(2)4-7-5-8-3/h1,4-5,8H2,2-3H3. The molecule has 0 atom stereocenters. The molecule has 0 spiro atoms. The van der Waals surface area contributed by atoms with Gasteiger partial charge in [-0.25, -0.2) is 0 Å². The van der Waals surface area contributed by atoms with E-state index in [-0.39, 0.29) is 9.52 Å². The van der Waals surface area contributed by atoms with Crippen molar-refractivity contribution >= 4 is 9.52 Å². The molecule has 8 heavy (non-hydrogen) atoms. The van der Waals surface area contributed by atoms with Gasteiger partial charge in [-0.3, -0.25) is 0 Å².